The van der Waals surface area contributed by atoms with Crippen LogP contribution in [0.25, 0.3) is 0 Å². The summed E-state index contributed by atoms with van der Waals surface area (Å²) in [6.07, 6.45) is 1.72. The molecule has 0 aliphatic carbocycles. The molecule has 1 fully saturated rings. The van der Waals surface area contributed by atoms with Crippen LogP contribution in [0.15, 0.2) is 88.7 Å². The minimum absolute atomic E-state index is 0.0195. The normalized spacial score (nSPS) is 14.5. The fraction of sp³-hybridized carbons (Fsp3) is 0.296. The number of nitrogens with one attached hydrogen (secondary N) is 1. The summed E-state index contributed by atoms with van der Waals surface area (Å²) in [4.78, 5) is 13.1. The van der Waals surface area contributed by atoms with Gasteiger partial charge in [-0.1, -0.05) is 42.5 Å². The molecule has 4 rings (SSSR count). The van der Waals surface area contributed by atoms with Crippen molar-refractivity contribution in [3.05, 3.63) is 90.0 Å². The summed E-state index contributed by atoms with van der Waals surface area (Å²) in [6.45, 7) is 0.819. The van der Waals surface area contributed by atoms with E-state index in [1.54, 1.807) is 48.5 Å². The number of methoxy groups -OCH3 is 1. The van der Waals surface area contributed by atoms with Gasteiger partial charge in [0.2, 0.25) is 26.0 Å². The Morgan fingerprint density at radius 2 is 1.45 bits per heavy atom. The largest absolute Gasteiger partial charge is 0.497 e. The fourth-order valence-electron chi connectivity index (χ4n) is 4.18. The molecule has 11 heteroatoms. The van der Waals surface area contributed by atoms with Crippen LogP contribution in [0.2, 0.25) is 0 Å². The van der Waals surface area contributed by atoms with E-state index in [2.05, 4.69) is 5.32 Å². The number of carbonyl (C=O) groups is 1. The van der Waals surface area contributed by atoms with Gasteiger partial charge in [0.1, 0.15) is 5.75 Å². The highest BCUT2D eigenvalue weighted by molar-refractivity contribution is 7.89. The van der Waals surface area contributed by atoms with Gasteiger partial charge in [0.05, 0.1) is 23.4 Å². The van der Waals surface area contributed by atoms with Crippen LogP contribution in [0.4, 0.5) is 0 Å². The summed E-state index contributed by atoms with van der Waals surface area (Å²) < 4.78 is 60.0. The van der Waals surface area contributed by atoms with Gasteiger partial charge in [-0.3, -0.25) is 4.79 Å². The Bertz CT molecular complexity index is 1440. The van der Waals surface area contributed by atoms with E-state index in [-0.39, 0.29) is 29.4 Å². The molecule has 1 aliphatic rings. The van der Waals surface area contributed by atoms with Gasteiger partial charge in [-0.2, -0.15) is 8.61 Å². The maximum atomic E-state index is 13.4. The molecule has 0 atom stereocenters. The molecule has 9 nitrogen and oxygen atoms in total. The van der Waals surface area contributed by atoms with Crippen molar-refractivity contribution in [1.82, 2.24) is 13.9 Å². The third-order valence-corrected chi connectivity index (χ3v) is 10.1. The Morgan fingerprint density at radius 1 is 0.842 bits per heavy atom. The molecule has 0 radical (unpaired) electrons. The first-order valence-corrected chi connectivity index (χ1v) is 15.1. The number of nitrogens with zero attached hydrogens (tertiary/aromatic N) is 2. The molecule has 202 valence electrons. The van der Waals surface area contributed by atoms with Gasteiger partial charge in [-0.25, -0.2) is 16.8 Å². The fourth-order valence-corrected chi connectivity index (χ4v) is 7.08. The van der Waals surface area contributed by atoms with Crippen molar-refractivity contribution in [2.24, 2.45) is 0 Å². The summed E-state index contributed by atoms with van der Waals surface area (Å²) in [5.41, 5.74) is 1.44. The van der Waals surface area contributed by atoms with Gasteiger partial charge in [0, 0.05) is 26.2 Å². The molecule has 1 saturated heterocycles. The van der Waals surface area contributed by atoms with Crippen LogP contribution in [-0.4, -0.2) is 58.1 Å². The molecule has 0 bridgehead atoms. The van der Waals surface area contributed by atoms with Crippen LogP contribution in [0.5, 0.6) is 5.75 Å². The summed E-state index contributed by atoms with van der Waals surface area (Å²) in [6, 6.07) is 21.4. The maximum absolute atomic E-state index is 13.4. The van der Waals surface area contributed by atoms with Crippen LogP contribution in [0.3, 0.4) is 0 Å². The molecule has 38 heavy (non-hydrogen) atoms. The molecule has 0 spiro atoms. The second-order valence-corrected chi connectivity index (χ2v) is 12.8. The van der Waals surface area contributed by atoms with Crippen LogP contribution in [0, 0.1) is 0 Å². The van der Waals surface area contributed by atoms with Crippen LogP contribution < -0.4 is 10.1 Å². The maximum Gasteiger partial charge on any atom is 0.243 e. The van der Waals surface area contributed by atoms with Gasteiger partial charge >= 0.3 is 0 Å². The minimum atomic E-state index is -3.99. The molecule has 3 aromatic carbocycles. The Hall–Kier alpha value is -3.25. The molecule has 0 saturated carbocycles. The highest BCUT2D eigenvalue weighted by atomic mass is 32.2. The first kappa shape index (κ1) is 27.8. The molecule has 0 aromatic heterocycles. The zero-order valence-corrected chi connectivity index (χ0v) is 22.7. The number of benzene rings is 3. The smallest absolute Gasteiger partial charge is 0.243 e. The minimum Gasteiger partial charge on any atom is -0.497 e. The van der Waals surface area contributed by atoms with Gasteiger partial charge in [-0.15, -0.1) is 0 Å². The molecule has 1 heterocycles. The Kier molecular flexibility index (Phi) is 8.83. The monoisotopic (exact) mass is 557 g/mol. The van der Waals surface area contributed by atoms with Crippen molar-refractivity contribution in [2.45, 2.75) is 35.7 Å². The molecule has 3 aromatic rings. The quantitative estimate of drug-likeness (QED) is 0.388. The van der Waals surface area contributed by atoms with E-state index in [1.807, 2.05) is 6.07 Å². The van der Waals surface area contributed by atoms with Crippen LogP contribution >= 0.6 is 0 Å². The summed E-state index contributed by atoms with van der Waals surface area (Å²) >= 11 is 0. The first-order valence-electron chi connectivity index (χ1n) is 12.2. The van der Waals surface area contributed by atoms with E-state index in [9.17, 15) is 21.6 Å². The molecule has 1 amide bonds. The highest BCUT2D eigenvalue weighted by Gasteiger charge is 2.28. The average Bonchev–Trinajstić information content (AvgIpc) is 3.49. The third-order valence-electron chi connectivity index (χ3n) is 6.33. The van der Waals surface area contributed by atoms with E-state index in [0.717, 1.165) is 22.7 Å². The van der Waals surface area contributed by atoms with E-state index >= 15 is 0 Å². The van der Waals surface area contributed by atoms with Crippen molar-refractivity contribution in [3.63, 3.8) is 0 Å². The standard InChI is InChI=1S/C27H31N3O6S2/c1-36-24-11-15-26(16-12-24)38(34,35)30(20-23-7-3-2-4-8-23)21-27(31)28-19-22-9-13-25(14-10-22)37(32,33)29-17-5-6-18-29/h2-4,7-16H,5-6,17-21H2,1H3,(H,28,31). The Labute approximate surface area is 224 Å². The zero-order chi connectivity index (χ0) is 27.2. The lowest BCUT2D eigenvalue weighted by atomic mass is 10.2. The van der Waals surface area contributed by atoms with Crippen molar-refractivity contribution in [1.29, 1.82) is 0 Å². The number of sulfonamides is 2. The Balaban J connectivity index is 1.44. The van der Waals surface area contributed by atoms with E-state index in [1.165, 1.54) is 35.7 Å². The van der Waals surface area contributed by atoms with Gasteiger partial charge in [-0.05, 0) is 60.4 Å². The predicted octanol–water partition coefficient (Wildman–Crippen LogP) is 2.99. The Morgan fingerprint density at radius 3 is 2.05 bits per heavy atom. The summed E-state index contributed by atoms with van der Waals surface area (Å²) in [7, 11) is -6.01. The number of ether oxygens (including phenoxy) is 1. The molecular formula is C27H31N3O6S2. The lowest BCUT2D eigenvalue weighted by molar-refractivity contribution is -0.121. The number of hydrogen-bond donors (Lipinski definition) is 1. The SMILES string of the molecule is COc1ccc(S(=O)(=O)N(CC(=O)NCc2ccc(S(=O)(=O)N3CCCC3)cc2)Cc2ccccc2)cc1. The van der Waals surface area contributed by atoms with Crippen molar-refractivity contribution in [2.75, 3.05) is 26.7 Å². The highest BCUT2D eigenvalue weighted by Crippen LogP contribution is 2.22. The second kappa shape index (κ2) is 12.1. The summed E-state index contributed by atoms with van der Waals surface area (Å²) in [5, 5.41) is 2.75. The average molecular weight is 558 g/mol. The lowest BCUT2D eigenvalue weighted by Gasteiger charge is -2.22. The van der Waals surface area contributed by atoms with Crippen molar-refractivity contribution >= 4 is 26.0 Å². The van der Waals surface area contributed by atoms with Crippen LogP contribution in [-0.2, 0) is 37.9 Å². The van der Waals surface area contributed by atoms with Crippen molar-refractivity contribution in [3.8, 4) is 5.75 Å². The number of amides is 1. The van der Waals surface area contributed by atoms with E-state index < -0.39 is 26.0 Å². The predicted molar refractivity (Wildman–Crippen MR) is 143 cm³/mol. The van der Waals surface area contributed by atoms with Gasteiger partial charge in [0.15, 0.2) is 0 Å². The second-order valence-electron chi connectivity index (χ2n) is 8.97. The van der Waals surface area contributed by atoms with E-state index in [4.69, 9.17) is 4.74 Å². The zero-order valence-electron chi connectivity index (χ0n) is 21.1. The molecular weight excluding hydrogens is 526 g/mol. The van der Waals surface area contributed by atoms with Crippen LogP contribution in [0.1, 0.15) is 24.0 Å². The molecule has 1 aliphatic heterocycles. The third kappa shape index (κ3) is 6.60. The molecule has 0 unspecified atom stereocenters. The molecule has 1 N–H and O–H groups in total. The number of hydrogen-bond acceptors (Lipinski definition) is 6. The van der Waals surface area contributed by atoms with Gasteiger partial charge in [0.25, 0.3) is 0 Å². The van der Waals surface area contributed by atoms with E-state index in [0.29, 0.717) is 24.4 Å². The first-order chi connectivity index (χ1) is 18.2. The van der Waals surface area contributed by atoms with Gasteiger partial charge < -0.3 is 10.1 Å². The number of carbonyl (C=O) groups excluding carboxylic acids is 1. The van der Waals surface area contributed by atoms with Crippen molar-refractivity contribution < 1.29 is 26.4 Å². The lowest BCUT2D eigenvalue weighted by Crippen LogP contribution is -2.40. The summed E-state index contributed by atoms with van der Waals surface area (Å²) in [5.74, 6) is 0.0438. The number of rotatable bonds is 11. The topological polar surface area (TPSA) is 113 Å².